The fourth-order valence-corrected chi connectivity index (χ4v) is 1.65. The van der Waals surface area contributed by atoms with E-state index in [0.29, 0.717) is 13.2 Å². The lowest BCUT2D eigenvalue weighted by atomic mass is 10.0. The van der Waals surface area contributed by atoms with E-state index in [1.165, 1.54) is 0 Å². The molecule has 4 heteroatoms. The average molecular weight is 250 g/mol. The zero-order valence-electron chi connectivity index (χ0n) is 11.3. The number of rotatable bonds is 6. The van der Waals surface area contributed by atoms with Crippen LogP contribution in [-0.2, 0) is 16.1 Å². The lowest BCUT2D eigenvalue weighted by molar-refractivity contribution is -0.145. The van der Waals surface area contributed by atoms with Crippen LogP contribution in [-0.4, -0.2) is 18.6 Å². The maximum absolute atomic E-state index is 11.8. The second-order valence-electron chi connectivity index (χ2n) is 4.52. The number of nitrogens with two attached hydrogens (primary N) is 1. The minimum Gasteiger partial charge on any atom is -0.464 e. The maximum atomic E-state index is 11.8. The summed E-state index contributed by atoms with van der Waals surface area (Å²) in [6, 6.07) is 7.43. The molecule has 1 atom stereocenters. The predicted molar refractivity (Wildman–Crippen MR) is 73.2 cm³/mol. The van der Waals surface area contributed by atoms with E-state index in [1.54, 1.807) is 0 Å². The summed E-state index contributed by atoms with van der Waals surface area (Å²) in [5.74, 6) is -0.0476. The van der Waals surface area contributed by atoms with E-state index >= 15 is 0 Å². The molecule has 0 aliphatic heterocycles. The first-order valence-electron chi connectivity index (χ1n) is 6.30. The van der Waals surface area contributed by atoms with Crippen molar-refractivity contribution in [2.75, 3.05) is 11.9 Å². The Labute approximate surface area is 109 Å². The van der Waals surface area contributed by atoms with Gasteiger partial charge in [-0.2, -0.15) is 0 Å². The number of benzene rings is 1. The minimum atomic E-state index is -0.325. The van der Waals surface area contributed by atoms with Crippen LogP contribution in [0, 0.1) is 5.92 Å². The Kier molecular flexibility index (Phi) is 5.65. The van der Waals surface area contributed by atoms with Gasteiger partial charge in [-0.05, 0) is 30.5 Å². The third-order valence-corrected chi connectivity index (χ3v) is 2.72. The van der Waals surface area contributed by atoms with Crippen molar-refractivity contribution in [1.29, 1.82) is 0 Å². The lowest BCUT2D eigenvalue weighted by Gasteiger charge is -2.21. The van der Waals surface area contributed by atoms with Gasteiger partial charge in [0.2, 0.25) is 0 Å². The zero-order chi connectivity index (χ0) is 13.5. The summed E-state index contributed by atoms with van der Waals surface area (Å²) in [6.45, 7) is 6.71. The first-order valence-corrected chi connectivity index (χ1v) is 6.30. The number of carbonyl (C=O) groups is 1. The molecule has 0 saturated heterocycles. The van der Waals surface area contributed by atoms with Crippen LogP contribution < -0.4 is 11.1 Å². The molecule has 1 aromatic carbocycles. The van der Waals surface area contributed by atoms with E-state index in [9.17, 15) is 4.79 Å². The van der Waals surface area contributed by atoms with Gasteiger partial charge in [0.25, 0.3) is 0 Å². The number of hydrogen-bond donors (Lipinski definition) is 2. The highest BCUT2D eigenvalue weighted by molar-refractivity contribution is 5.79. The highest BCUT2D eigenvalue weighted by Gasteiger charge is 2.23. The van der Waals surface area contributed by atoms with Crippen LogP contribution in [0.5, 0.6) is 0 Å². The molecule has 0 spiro atoms. The van der Waals surface area contributed by atoms with Crippen molar-refractivity contribution in [3.05, 3.63) is 29.8 Å². The second-order valence-corrected chi connectivity index (χ2v) is 4.52. The summed E-state index contributed by atoms with van der Waals surface area (Å²) in [4.78, 5) is 11.8. The normalized spacial score (nSPS) is 12.3. The van der Waals surface area contributed by atoms with Crippen molar-refractivity contribution in [3.63, 3.8) is 0 Å². The second kappa shape index (κ2) is 7.01. The topological polar surface area (TPSA) is 64.3 Å². The smallest absolute Gasteiger partial charge is 0.328 e. The molecule has 100 valence electrons. The molecule has 3 N–H and O–H groups in total. The van der Waals surface area contributed by atoms with Gasteiger partial charge in [-0.25, -0.2) is 4.79 Å². The maximum Gasteiger partial charge on any atom is 0.328 e. The molecule has 0 aliphatic rings. The number of hydrogen-bond acceptors (Lipinski definition) is 4. The van der Waals surface area contributed by atoms with Crippen molar-refractivity contribution in [1.82, 2.24) is 0 Å². The van der Waals surface area contributed by atoms with Gasteiger partial charge in [0.05, 0.1) is 6.61 Å². The van der Waals surface area contributed by atoms with Gasteiger partial charge in [-0.15, -0.1) is 0 Å². The fourth-order valence-electron chi connectivity index (χ4n) is 1.65. The summed E-state index contributed by atoms with van der Waals surface area (Å²) in [5.41, 5.74) is 7.51. The summed E-state index contributed by atoms with van der Waals surface area (Å²) < 4.78 is 5.06. The Balaban J connectivity index is 2.73. The Morgan fingerprint density at radius 2 is 1.94 bits per heavy atom. The SMILES string of the molecule is CCOC(=O)C(Nc1ccc(CN)cc1)C(C)C. The van der Waals surface area contributed by atoms with Crippen molar-refractivity contribution in [2.45, 2.75) is 33.4 Å². The third kappa shape index (κ3) is 4.04. The fraction of sp³-hybridized carbons (Fsp3) is 0.500. The Morgan fingerprint density at radius 3 is 2.39 bits per heavy atom. The van der Waals surface area contributed by atoms with E-state index in [0.717, 1.165) is 11.3 Å². The number of esters is 1. The molecule has 0 radical (unpaired) electrons. The van der Waals surface area contributed by atoms with Gasteiger partial charge in [0.1, 0.15) is 6.04 Å². The van der Waals surface area contributed by atoms with E-state index < -0.39 is 0 Å². The van der Waals surface area contributed by atoms with Crippen LogP contribution in [0.4, 0.5) is 5.69 Å². The Bertz CT molecular complexity index is 374. The zero-order valence-corrected chi connectivity index (χ0v) is 11.3. The highest BCUT2D eigenvalue weighted by atomic mass is 16.5. The van der Waals surface area contributed by atoms with Gasteiger partial charge in [-0.1, -0.05) is 26.0 Å². The molecule has 0 heterocycles. The molecule has 0 aromatic heterocycles. The number of nitrogens with one attached hydrogen (secondary N) is 1. The average Bonchev–Trinajstić information content (AvgIpc) is 2.36. The number of carbonyl (C=O) groups excluding carboxylic acids is 1. The molecule has 0 aliphatic carbocycles. The van der Waals surface area contributed by atoms with E-state index in [1.807, 2.05) is 45.0 Å². The minimum absolute atomic E-state index is 0.165. The Morgan fingerprint density at radius 1 is 1.33 bits per heavy atom. The molecular weight excluding hydrogens is 228 g/mol. The lowest BCUT2D eigenvalue weighted by Crippen LogP contribution is -2.36. The molecule has 0 fully saturated rings. The summed E-state index contributed by atoms with van der Waals surface area (Å²) in [6.07, 6.45) is 0. The van der Waals surface area contributed by atoms with E-state index in [2.05, 4.69) is 5.32 Å². The van der Waals surface area contributed by atoms with Crippen molar-refractivity contribution in [3.8, 4) is 0 Å². The van der Waals surface area contributed by atoms with E-state index in [-0.39, 0.29) is 17.9 Å². The predicted octanol–water partition coefficient (Wildman–Crippen LogP) is 2.14. The van der Waals surface area contributed by atoms with Gasteiger partial charge in [0.15, 0.2) is 0 Å². The summed E-state index contributed by atoms with van der Waals surface area (Å²) in [5, 5.41) is 3.20. The highest BCUT2D eigenvalue weighted by Crippen LogP contribution is 2.15. The molecule has 1 unspecified atom stereocenters. The Hall–Kier alpha value is -1.55. The molecule has 1 aromatic rings. The van der Waals surface area contributed by atoms with Gasteiger partial charge >= 0.3 is 5.97 Å². The quantitative estimate of drug-likeness (QED) is 0.759. The van der Waals surface area contributed by atoms with Crippen LogP contribution in [0.25, 0.3) is 0 Å². The van der Waals surface area contributed by atoms with Crippen LogP contribution in [0.1, 0.15) is 26.3 Å². The molecule has 1 rings (SSSR count). The van der Waals surface area contributed by atoms with Crippen LogP contribution >= 0.6 is 0 Å². The first-order chi connectivity index (χ1) is 8.58. The third-order valence-electron chi connectivity index (χ3n) is 2.72. The van der Waals surface area contributed by atoms with Gasteiger partial charge in [-0.3, -0.25) is 0 Å². The van der Waals surface area contributed by atoms with Crippen molar-refractivity contribution in [2.24, 2.45) is 11.7 Å². The van der Waals surface area contributed by atoms with Gasteiger partial charge in [0, 0.05) is 12.2 Å². The number of anilines is 1. The molecule has 18 heavy (non-hydrogen) atoms. The summed E-state index contributed by atoms with van der Waals surface area (Å²) in [7, 11) is 0. The van der Waals surface area contributed by atoms with Crippen LogP contribution in [0.3, 0.4) is 0 Å². The largest absolute Gasteiger partial charge is 0.464 e. The molecule has 4 nitrogen and oxygen atoms in total. The molecule has 0 amide bonds. The van der Waals surface area contributed by atoms with Crippen molar-refractivity contribution < 1.29 is 9.53 Å². The van der Waals surface area contributed by atoms with Gasteiger partial charge < -0.3 is 15.8 Å². The monoisotopic (exact) mass is 250 g/mol. The standard InChI is InChI=1S/C14H22N2O2/c1-4-18-14(17)13(10(2)3)16-12-7-5-11(9-15)6-8-12/h5-8,10,13,16H,4,9,15H2,1-3H3. The molecular formula is C14H22N2O2. The first kappa shape index (κ1) is 14.5. The van der Waals surface area contributed by atoms with Crippen molar-refractivity contribution >= 4 is 11.7 Å². The summed E-state index contributed by atoms with van der Waals surface area (Å²) >= 11 is 0. The van der Waals surface area contributed by atoms with E-state index in [4.69, 9.17) is 10.5 Å². The van der Waals surface area contributed by atoms with Crippen LogP contribution in [0.2, 0.25) is 0 Å². The number of ether oxygens (including phenoxy) is 1. The molecule has 0 bridgehead atoms. The molecule has 0 saturated carbocycles. The van der Waals surface area contributed by atoms with Crippen LogP contribution in [0.15, 0.2) is 24.3 Å².